The van der Waals surface area contributed by atoms with Gasteiger partial charge in [-0.15, -0.1) is 11.3 Å². The third-order valence-corrected chi connectivity index (χ3v) is 4.47. The molecule has 0 atom stereocenters. The number of rotatable bonds is 3. The number of aryl methyl sites for hydroxylation is 1. The number of aromatic nitrogens is 2. The fourth-order valence-electron chi connectivity index (χ4n) is 2.11. The number of thiophene rings is 1. The molecule has 0 aliphatic heterocycles. The van der Waals surface area contributed by atoms with Gasteiger partial charge >= 0.3 is 5.97 Å². The van der Waals surface area contributed by atoms with Crippen LogP contribution in [0.5, 0.6) is 0 Å². The maximum Gasteiger partial charge on any atom is 0.337 e. The predicted octanol–water partition coefficient (Wildman–Crippen LogP) is 2.91. The van der Waals surface area contributed by atoms with Crippen molar-refractivity contribution in [3.63, 3.8) is 0 Å². The van der Waals surface area contributed by atoms with Crippen molar-refractivity contribution in [1.29, 1.82) is 0 Å². The first-order chi connectivity index (χ1) is 10.1. The van der Waals surface area contributed by atoms with Gasteiger partial charge in [-0.3, -0.25) is 9.78 Å². The Bertz CT molecular complexity index is 878. The lowest BCUT2D eigenvalue weighted by atomic mass is 10.1. The lowest BCUT2D eigenvalue weighted by Gasteiger charge is -2.01. The molecular weight excluding hydrogens is 288 g/mol. The minimum Gasteiger partial charge on any atom is -0.478 e. The van der Waals surface area contributed by atoms with E-state index in [1.807, 2.05) is 13.0 Å². The lowest BCUT2D eigenvalue weighted by molar-refractivity contribution is 0.0696. The molecule has 0 aliphatic carbocycles. The Balaban J connectivity index is 2.13. The van der Waals surface area contributed by atoms with Gasteiger partial charge in [-0.05, 0) is 24.6 Å². The Morgan fingerprint density at radius 1 is 1.43 bits per heavy atom. The zero-order valence-electron chi connectivity index (χ0n) is 11.2. The molecule has 0 fully saturated rings. The number of carboxylic acids is 1. The van der Waals surface area contributed by atoms with E-state index in [2.05, 4.69) is 9.97 Å². The number of carbonyl (C=O) groups is 1. The monoisotopic (exact) mass is 300 g/mol. The first-order valence-electron chi connectivity index (χ1n) is 6.44. The molecule has 0 saturated carbocycles. The van der Waals surface area contributed by atoms with Crippen molar-refractivity contribution in [1.82, 2.24) is 9.97 Å². The molecule has 0 radical (unpaired) electrons. The summed E-state index contributed by atoms with van der Waals surface area (Å²) in [7, 11) is 0. The number of aromatic carboxylic acids is 1. The summed E-state index contributed by atoms with van der Waals surface area (Å²) >= 11 is 1.57. The van der Waals surface area contributed by atoms with Crippen molar-refractivity contribution in [3.8, 4) is 11.3 Å². The summed E-state index contributed by atoms with van der Waals surface area (Å²) in [6.45, 7) is 2.04. The van der Waals surface area contributed by atoms with Gasteiger partial charge in [0.05, 0.1) is 22.2 Å². The highest BCUT2D eigenvalue weighted by Crippen LogP contribution is 2.24. The first kappa shape index (κ1) is 13.5. The van der Waals surface area contributed by atoms with Crippen LogP contribution in [0.1, 0.15) is 22.2 Å². The van der Waals surface area contributed by atoms with Crippen molar-refractivity contribution in [2.24, 2.45) is 0 Å². The third-order valence-electron chi connectivity index (χ3n) is 3.25. The highest BCUT2D eigenvalue weighted by atomic mass is 32.1. The fraction of sp³-hybridized carbons (Fsp3) is 0.133. The van der Waals surface area contributed by atoms with Crippen molar-refractivity contribution >= 4 is 27.5 Å². The highest BCUT2D eigenvalue weighted by Gasteiger charge is 2.12. The SMILES string of the molecule is CCc1cc2c(=O)c(-c3ccc(C(=O)O)cn3)c[nH]c2s1. The third kappa shape index (κ3) is 2.34. The Labute approximate surface area is 123 Å². The minimum atomic E-state index is -1.04. The molecule has 3 aromatic heterocycles. The van der Waals surface area contributed by atoms with Gasteiger partial charge < -0.3 is 10.1 Å². The summed E-state index contributed by atoms with van der Waals surface area (Å²) < 4.78 is 0. The molecule has 3 heterocycles. The number of carboxylic acid groups (broad SMARTS) is 1. The lowest BCUT2D eigenvalue weighted by Crippen LogP contribution is -2.06. The zero-order chi connectivity index (χ0) is 15.0. The molecule has 0 bridgehead atoms. The summed E-state index contributed by atoms with van der Waals surface area (Å²) in [6, 6.07) is 4.89. The number of fused-ring (bicyclic) bond motifs is 1. The van der Waals surface area contributed by atoms with Crippen molar-refractivity contribution in [2.45, 2.75) is 13.3 Å². The average molecular weight is 300 g/mol. The molecule has 0 spiro atoms. The van der Waals surface area contributed by atoms with Crippen LogP contribution in [0.2, 0.25) is 0 Å². The number of H-pyrrole nitrogens is 1. The van der Waals surface area contributed by atoms with E-state index in [1.54, 1.807) is 23.6 Å². The maximum absolute atomic E-state index is 12.5. The van der Waals surface area contributed by atoms with Crippen LogP contribution < -0.4 is 5.43 Å². The highest BCUT2D eigenvalue weighted by molar-refractivity contribution is 7.18. The van der Waals surface area contributed by atoms with E-state index in [4.69, 9.17) is 5.11 Å². The largest absolute Gasteiger partial charge is 0.478 e. The molecule has 106 valence electrons. The second-order valence-electron chi connectivity index (χ2n) is 4.58. The molecule has 0 aromatic carbocycles. The van der Waals surface area contributed by atoms with E-state index in [-0.39, 0.29) is 11.0 Å². The molecule has 3 rings (SSSR count). The van der Waals surface area contributed by atoms with Crippen LogP contribution >= 0.6 is 11.3 Å². The van der Waals surface area contributed by atoms with Gasteiger partial charge in [0.25, 0.3) is 0 Å². The van der Waals surface area contributed by atoms with Gasteiger partial charge in [-0.1, -0.05) is 6.92 Å². The average Bonchev–Trinajstić information content (AvgIpc) is 2.92. The molecule has 2 N–H and O–H groups in total. The number of pyridine rings is 2. The first-order valence-corrected chi connectivity index (χ1v) is 7.25. The standard InChI is InChI=1S/C15H12N2O3S/c1-2-9-5-10-13(18)11(7-17-14(10)21-9)12-4-3-8(6-16-12)15(19)20/h3-7H,2H2,1H3,(H,17,18)(H,19,20). The molecule has 6 heteroatoms. The molecule has 21 heavy (non-hydrogen) atoms. The molecule has 0 saturated heterocycles. The zero-order valence-corrected chi connectivity index (χ0v) is 12.0. The van der Waals surface area contributed by atoms with E-state index in [1.165, 1.54) is 12.3 Å². The summed E-state index contributed by atoms with van der Waals surface area (Å²) in [4.78, 5) is 32.5. The summed E-state index contributed by atoms with van der Waals surface area (Å²) in [5.74, 6) is -1.04. The number of hydrogen-bond donors (Lipinski definition) is 2. The fourth-order valence-corrected chi connectivity index (χ4v) is 3.07. The second-order valence-corrected chi connectivity index (χ2v) is 5.71. The quantitative estimate of drug-likeness (QED) is 0.779. The Hall–Kier alpha value is -2.47. The number of hydrogen-bond acceptors (Lipinski definition) is 4. The van der Waals surface area contributed by atoms with Crippen LogP contribution in [0.25, 0.3) is 21.5 Å². The van der Waals surface area contributed by atoms with Crippen LogP contribution in [0.15, 0.2) is 35.4 Å². The second kappa shape index (κ2) is 5.14. The van der Waals surface area contributed by atoms with Crippen molar-refractivity contribution in [2.75, 3.05) is 0 Å². The van der Waals surface area contributed by atoms with E-state index in [0.29, 0.717) is 16.6 Å². The minimum absolute atomic E-state index is 0.0877. The molecule has 3 aromatic rings. The van der Waals surface area contributed by atoms with E-state index >= 15 is 0 Å². The van der Waals surface area contributed by atoms with Crippen LogP contribution in [-0.4, -0.2) is 21.0 Å². The Kier molecular flexibility index (Phi) is 3.31. The van der Waals surface area contributed by atoms with Gasteiger partial charge in [0.15, 0.2) is 5.43 Å². The molecular formula is C15H12N2O3S. The number of nitrogens with zero attached hydrogens (tertiary/aromatic N) is 1. The van der Waals surface area contributed by atoms with Crippen LogP contribution in [0.4, 0.5) is 0 Å². The number of nitrogens with one attached hydrogen (secondary N) is 1. The smallest absolute Gasteiger partial charge is 0.337 e. The van der Waals surface area contributed by atoms with Gasteiger partial charge in [0.2, 0.25) is 0 Å². The van der Waals surface area contributed by atoms with Gasteiger partial charge in [0, 0.05) is 17.3 Å². The van der Waals surface area contributed by atoms with Gasteiger partial charge in [-0.2, -0.15) is 0 Å². The molecule has 0 aliphatic rings. The van der Waals surface area contributed by atoms with E-state index in [0.717, 1.165) is 16.1 Å². The molecule has 0 unspecified atom stereocenters. The predicted molar refractivity (Wildman–Crippen MR) is 82.0 cm³/mol. The summed E-state index contributed by atoms with van der Waals surface area (Å²) in [5.41, 5.74) is 0.919. The van der Waals surface area contributed by atoms with E-state index in [9.17, 15) is 9.59 Å². The normalized spacial score (nSPS) is 10.9. The summed E-state index contributed by atoms with van der Waals surface area (Å²) in [5, 5.41) is 9.52. The molecule has 5 nitrogen and oxygen atoms in total. The Morgan fingerprint density at radius 3 is 2.86 bits per heavy atom. The van der Waals surface area contributed by atoms with Crippen molar-refractivity contribution in [3.05, 3.63) is 51.3 Å². The topological polar surface area (TPSA) is 83.1 Å². The molecule has 0 amide bonds. The van der Waals surface area contributed by atoms with Crippen LogP contribution in [0, 0.1) is 0 Å². The van der Waals surface area contributed by atoms with Crippen LogP contribution in [-0.2, 0) is 6.42 Å². The summed E-state index contributed by atoms with van der Waals surface area (Å²) in [6.07, 6.45) is 3.77. The Morgan fingerprint density at radius 2 is 2.24 bits per heavy atom. The van der Waals surface area contributed by atoms with Crippen LogP contribution in [0.3, 0.4) is 0 Å². The van der Waals surface area contributed by atoms with Gasteiger partial charge in [-0.25, -0.2) is 4.79 Å². The number of aromatic amines is 1. The van der Waals surface area contributed by atoms with Gasteiger partial charge in [0.1, 0.15) is 4.83 Å². The van der Waals surface area contributed by atoms with E-state index < -0.39 is 5.97 Å². The van der Waals surface area contributed by atoms with Crippen molar-refractivity contribution < 1.29 is 9.90 Å². The maximum atomic E-state index is 12.5.